The molecule has 7 nitrogen and oxygen atoms in total. The Kier molecular flexibility index (Phi) is 6.63. The number of benzene rings is 1. The number of ether oxygens (including phenoxy) is 1. The van der Waals surface area contributed by atoms with E-state index in [-0.39, 0.29) is 17.4 Å². The molecule has 0 radical (unpaired) electrons. The van der Waals surface area contributed by atoms with Crippen LogP contribution >= 0.6 is 0 Å². The fourth-order valence-electron chi connectivity index (χ4n) is 4.24. The van der Waals surface area contributed by atoms with Crippen LogP contribution in [0.15, 0.2) is 53.5 Å². The van der Waals surface area contributed by atoms with Crippen molar-refractivity contribution in [2.75, 3.05) is 20.2 Å². The topological polar surface area (TPSA) is 88.2 Å². The molecule has 1 aromatic carbocycles. The van der Waals surface area contributed by atoms with E-state index in [1.54, 1.807) is 13.3 Å². The smallest absolute Gasteiger partial charge is 0.251 e. The molecule has 0 spiro atoms. The van der Waals surface area contributed by atoms with Gasteiger partial charge in [-0.2, -0.15) is 0 Å². The van der Waals surface area contributed by atoms with Gasteiger partial charge < -0.3 is 14.6 Å². The summed E-state index contributed by atoms with van der Waals surface area (Å²) in [4.78, 5) is 38.5. The molecule has 3 heterocycles. The number of hydrogen-bond donors (Lipinski definition) is 1. The number of nitrogens with zero attached hydrogens (tertiary/aromatic N) is 3. The molecule has 1 aliphatic heterocycles. The number of carbonyl (C=O) groups is 1. The van der Waals surface area contributed by atoms with Gasteiger partial charge in [0.2, 0.25) is 5.91 Å². The van der Waals surface area contributed by atoms with E-state index in [0.717, 1.165) is 36.3 Å². The molecule has 2 aromatic heterocycles. The molecule has 32 heavy (non-hydrogen) atoms. The number of hydrogen-bond acceptors (Lipinski definition) is 5. The van der Waals surface area contributed by atoms with Crippen LogP contribution in [0.3, 0.4) is 0 Å². The number of aromatic amines is 1. The molecule has 1 amide bonds. The van der Waals surface area contributed by atoms with Crippen LogP contribution in [0.2, 0.25) is 0 Å². The number of rotatable bonds is 7. The van der Waals surface area contributed by atoms with Crippen molar-refractivity contribution in [3.63, 3.8) is 0 Å². The van der Waals surface area contributed by atoms with Gasteiger partial charge in [0.25, 0.3) is 5.56 Å². The average molecular weight is 433 g/mol. The third-order valence-electron chi connectivity index (χ3n) is 5.94. The molecule has 166 valence electrons. The maximum absolute atomic E-state index is 12.7. The molecule has 0 bridgehead atoms. The van der Waals surface area contributed by atoms with Crippen LogP contribution in [-0.2, 0) is 11.2 Å². The Morgan fingerprint density at radius 3 is 2.88 bits per heavy atom. The van der Waals surface area contributed by atoms with E-state index in [1.165, 1.54) is 11.6 Å². The summed E-state index contributed by atoms with van der Waals surface area (Å²) < 4.78 is 5.31. The zero-order chi connectivity index (χ0) is 22.5. The lowest BCUT2D eigenvalue weighted by Crippen LogP contribution is -2.28. The highest BCUT2D eigenvalue weighted by molar-refractivity contribution is 5.76. The fraction of sp³-hybridized carbons (Fsp3) is 0.360. The van der Waals surface area contributed by atoms with Crippen molar-refractivity contribution in [2.45, 2.75) is 38.5 Å². The number of nitrogens with one attached hydrogen (secondary N) is 1. The van der Waals surface area contributed by atoms with E-state index < -0.39 is 0 Å². The number of amides is 1. The van der Waals surface area contributed by atoms with E-state index in [1.807, 2.05) is 36.1 Å². The largest absolute Gasteiger partial charge is 0.496 e. The van der Waals surface area contributed by atoms with Gasteiger partial charge >= 0.3 is 0 Å². The number of aryl methyl sites for hydroxylation is 2. The van der Waals surface area contributed by atoms with E-state index in [2.05, 4.69) is 27.1 Å². The summed E-state index contributed by atoms with van der Waals surface area (Å²) in [6.07, 6.45) is 4.66. The first-order valence-electron chi connectivity index (χ1n) is 11.0. The zero-order valence-corrected chi connectivity index (χ0v) is 18.5. The quantitative estimate of drug-likeness (QED) is 0.617. The molecule has 1 atom stereocenters. The van der Waals surface area contributed by atoms with Crippen LogP contribution in [-0.4, -0.2) is 46.0 Å². The highest BCUT2D eigenvalue weighted by Gasteiger charge is 2.28. The van der Waals surface area contributed by atoms with Crippen molar-refractivity contribution in [3.05, 3.63) is 75.8 Å². The predicted octanol–water partition coefficient (Wildman–Crippen LogP) is 3.49. The summed E-state index contributed by atoms with van der Waals surface area (Å²) in [5.41, 5.74) is 3.47. The van der Waals surface area contributed by atoms with Gasteiger partial charge in [0.15, 0.2) is 5.82 Å². The highest BCUT2D eigenvalue weighted by atomic mass is 16.5. The van der Waals surface area contributed by atoms with Gasteiger partial charge in [0.05, 0.1) is 12.8 Å². The maximum Gasteiger partial charge on any atom is 0.251 e. The summed E-state index contributed by atoms with van der Waals surface area (Å²) in [7, 11) is 1.67. The Morgan fingerprint density at radius 1 is 1.25 bits per heavy atom. The summed E-state index contributed by atoms with van der Waals surface area (Å²) in [5, 5.41) is 0. The summed E-state index contributed by atoms with van der Waals surface area (Å²) in [5.74, 6) is 1.57. The van der Waals surface area contributed by atoms with E-state index in [9.17, 15) is 9.59 Å². The minimum Gasteiger partial charge on any atom is -0.496 e. The monoisotopic (exact) mass is 432 g/mol. The number of aromatic nitrogens is 3. The number of likely N-dealkylation sites (tertiary alicyclic amines) is 1. The van der Waals surface area contributed by atoms with Crippen molar-refractivity contribution in [1.82, 2.24) is 19.9 Å². The Hall–Kier alpha value is -3.48. The minimum atomic E-state index is -0.199. The van der Waals surface area contributed by atoms with Crippen LogP contribution < -0.4 is 10.3 Å². The first-order valence-corrected chi connectivity index (χ1v) is 11.0. The molecular weight excluding hydrogens is 404 g/mol. The lowest BCUT2D eigenvalue weighted by molar-refractivity contribution is -0.130. The zero-order valence-electron chi connectivity index (χ0n) is 18.5. The average Bonchev–Trinajstić information content (AvgIpc) is 3.30. The van der Waals surface area contributed by atoms with E-state index in [4.69, 9.17) is 4.74 Å². The highest BCUT2D eigenvalue weighted by Crippen LogP contribution is 2.27. The molecule has 1 fully saturated rings. The van der Waals surface area contributed by atoms with Crippen LogP contribution in [0.4, 0.5) is 0 Å². The molecule has 0 aliphatic carbocycles. The summed E-state index contributed by atoms with van der Waals surface area (Å²) in [6.45, 7) is 3.32. The van der Waals surface area contributed by atoms with Crippen molar-refractivity contribution in [3.8, 4) is 17.3 Å². The van der Waals surface area contributed by atoms with Gasteiger partial charge in [-0.1, -0.05) is 18.2 Å². The molecule has 1 aliphatic rings. The van der Waals surface area contributed by atoms with Gasteiger partial charge in [-0.15, -0.1) is 0 Å². The van der Waals surface area contributed by atoms with Gasteiger partial charge in [0, 0.05) is 37.7 Å². The Bertz CT molecular complexity index is 1140. The van der Waals surface area contributed by atoms with Crippen molar-refractivity contribution >= 4 is 5.91 Å². The fourth-order valence-corrected chi connectivity index (χ4v) is 4.24. The minimum absolute atomic E-state index is 0.0629. The second-order valence-electron chi connectivity index (χ2n) is 8.22. The van der Waals surface area contributed by atoms with Crippen LogP contribution in [0.25, 0.3) is 11.5 Å². The Morgan fingerprint density at radius 2 is 2.12 bits per heavy atom. The second kappa shape index (κ2) is 9.77. The molecule has 0 unspecified atom stereocenters. The lowest BCUT2D eigenvalue weighted by Gasteiger charge is -2.17. The first-order chi connectivity index (χ1) is 15.5. The van der Waals surface area contributed by atoms with Crippen molar-refractivity contribution < 1.29 is 9.53 Å². The molecule has 1 N–H and O–H groups in total. The van der Waals surface area contributed by atoms with Crippen molar-refractivity contribution in [2.24, 2.45) is 0 Å². The third-order valence-corrected chi connectivity index (χ3v) is 5.94. The Labute approximate surface area is 187 Å². The summed E-state index contributed by atoms with van der Waals surface area (Å²) >= 11 is 0. The third kappa shape index (κ3) is 5.04. The molecule has 7 heteroatoms. The molecular formula is C25H28N4O3. The second-order valence-corrected chi connectivity index (χ2v) is 8.22. The molecule has 3 aromatic rings. The number of H-pyrrole nitrogens is 1. The molecule has 0 saturated carbocycles. The Balaban J connectivity index is 1.34. The van der Waals surface area contributed by atoms with E-state index in [0.29, 0.717) is 31.0 Å². The maximum atomic E-state index is 12.7. The summed E-state index contributed by atoms with van der Waals surface area (Å²) in [6, 6.07) is 13.2. The first kappa shape index (κ1) is 21.7. The number of carbonyl (C=O) groups excluding carboxylic acids is 1. The predicted molar refractivity (Wildman–Crippen MR) is 123 cm³/mol. The number of methoxy groups -OCH3 is 1. The van der Waals surface area contributed by atoms with Crippen LogP contribution in [0.5, 0.6) is 5.75 Å². The molecule has 4 rings (SSSR count). The SMILES string of the molecule is COc1ccc(CCCC(=O)N2CC[C@H](c3cc(=O)[nH]c(-c4ccccn4)n3)C2)cc1C. The van der Waals surface area contributed by atoms with E-state index >= 15 is 0 Å². The van der Waals surface area contributed by atoms with Gasteiger partial charge in [-0.05, 0) is 55.5 Å². The van der Waals surface area contributed by atoms with Gasteiger partial charge in [0.1, 0.15) is 11.4 Å². The normalized spacial score (nSPS) is 15.7. The lowest BCUT2D eigenvalue weighted by atomic mass is 10.0. The van der Waals surface area contributed by atoms with Crippen LogP contribution in [0.1, 0.15) is 42.0 Å². The van der Waals surface area contributed by atoms with Crippen LogP contribution in [0, 0.1) is 6.92 Å². The van der Waals surface area contributed by atoms with Gasteiger partial charge in [-0.25, -0.2) is 4.98 Å². The molecule has 1 saturated heterocycles. The number of pyridine rings is 1. The standard InChI is InChI=1S/C25H28N4O3/c1-17-14-18(9-10-22(17)32-2)6-5-8-24(31)29-13-11-19(16-29)21-15-23(30)28-25(27-21)20-7-3-4-12-26-20/h3-4,7,9-10,12,14-15,19H,5-6,8,11,13,16H2,1-2H3,(H,27,28,30)/t19-/m0/s1. The van der Waals surface area contributed by atoms with Gasteiger partial charge in [-0.3, -0.25) is 14.6 Å². The van der Waals surface area contributed by atoms with Crippen molar-refractivity contribution in [1.29, 1.82) is 0 Å².